The van der Waals surface area contributed by atoms with Crippen molar-refractivity contribution in [1.82, 2.24) is 9.97 Å². The zero-order chi connectivity index (χ0) is 20.8. The van der Waals surface area contributed by atoms with Crippen LogP contribution in [-0.4, -0.2) is 38.5 Å². The van der Waals surface area contributed by atoms with Crippen LogP contribution in [0.15, 0.2) is 41.7 Å². The van der Waals surface area contributed by atoms with E-state index in [2.05, 4.69) is 9.97 Å². The number of carbonyl (C=O) groups excluding carboxylic acids is 1. The van der Waals surface area contributed by atoms with E-state index in [9.17, 15) is 13.2 Å². The molecule has 10 heteroatoms. The molecule has 150 valence electrons. The third-order valence-corrected chi connectivity index (χ3v) is 5.59. The fourth-order valence-electron chi connectivity index (χ4n) is 3.40. The molecular weight excluding hydrogens is 396 g/mol. The molecule has 1 aromatic carbocycles. The van der Waals surface area contributed by atoms with Crippen molar-refractivity contribution in [2.75, 3.05) is 19.1 Å². The lowest BCUT2D eigenvalue weighted by molar-refractivity contribution is -0.117. The first-order valence-corrected chi connectivity index (χ1v) is 10.2. The van der Waals surface area contributed by atoms with Gasteiger partial charge in [-0.05, 0) is 17.7 Å². The van der Waals surface area contributed by atoms with E-state index in [-0.39, 0.29) is 23.9 Å². The van der Waals surface area contributed by atoms with Crippen LogP contribution in [0.5, 0.6) is 11.5 Å². The third kappa shape index (κ3) is 3.36. The zero-order valence-electron chi connectivity index (χ0n) is 15.7. The molecule has 0 atom stereocenters. The molecule has 4 rings (SSSR count). The van der Waals surface area contributed by atoms with E-state index in [4.69, 9.17) is 14.6 Å². The quantitative estimate of drug-likeness (QED) is 0.669. The second kappa shape index (κ2) is 6.98. The molecule has 1 aliphatic rings. The van der Waals surface area contributed by atoms with Gasteiger partial charge in [0.2, 0.25) is 5.91 Å². The predicted molar refractivity (Wildman–Crippen MR) is 105 cm³/mol. The summed E-state index contributed by atoms with van der Waals surface area (Å²) in [5.74, 6) is 0.999. The standard InChI is InChI=1S/C19H18N4O5S/c1-27-15-6-13-14(7-16(15)28-2)21-9-12-5-18(24)23(19(12)13)10-11-3-4-17(22-8-11)29(20,25)26/h3-4,6-9H,5,10H2,1-2H3,(H2,20,25,26). The Morgan fingerprint density at radius 2 is 1.83 bits per heavy atom. The monoisotopic (exact) mass is 414 g/mol. The Kier molecular flexibility index (Phi) is 4.59. The Morgan fingerprint density at radius 1 is 1.10 bits per heavy atom. The van der Waals surface area contributed by atoms with Crippen LogP contribution in [0.25, 0.3) is 10.9 Å². The number of anilines is 1. The number of methoxy groups -OCH3 is 2. The largest absolute Gasteiger partial charge is 0.493 e. The highest BCUT2D eigenvalue weighted by Gasteiger charge is 2.30. The van der Waals surface area contributed by atoms with E-state index in [1.54, 1.807) is 43.5 Å². The summed E-state index contributed by atoms with van der Waals surface area (Å²) in [4.78, 5) is 22.7. The fraction of sp³-hybridized carbons (Fsp3) is 0.211. The summed E-state index contributed by atoms with van der Waals surface area (Å²) in [6, 6.07) is 6.47. The van der Waals surface area contributed by atoms with Crippen molar-refractivity contribution in [2.45, 2.75) is 18.0 Å². The lowest BCUT2D eigenvalue weighted by Crippen LogP contribution is -2.26. The van der Waals surface area contributed by atoms with Gasteiger partial charge in [0.15, 0.2) is 16.5 Å². The Balaban J connectivity index is 1.78. The van der Waals surface area contributed by atoms with Crippen molar-refractivity contribution in [1.29, 1.82) is 0 Å². The number of rotatable bonds is 5. The highest BCUT2D eigenvalue weighted by Crippen LogP contribution is 2.40. The van der Waals surface area contributed by atoms with Gasteiger partial charge in [0, 0.05) is 29.4 Å². The molecule has 0 bridgehead atoms. The van der Waals surface area contributed by atoms with E-state index in [0.29, 0.717) is 22.6 Å². The Hall–Kier alpha value is -3.24. The van der Waals surface area contributed by atoms with Crippen LogP contribution in [-0.2, 0) is 27.8 Å². The van der Waals surface area contributed by atoms with Gasteiger partial charge >= 0.3 is 0 Å². The number of sulfonamides is 1. The van der Waals surface area contributed by atoms with E-state index in [1.807, 2.05) is 0 Å². The van der Waals surface area contributed by atoms with Crippen molar-refractivity contribution >= 4 is 32.5 Å². The van der Waals surface area contributed by atoms with Gasteiger partial charge in [0.25, 0.3) is 10.0 Å². The molecule has 0 aliphatic carbocycles. The average molecular weight is 414 g/mol. The van der Waals surface area contributed by atoms with Gasteiger partial charge in [0.05, 0.1) is 38.4 Å². The molecule has 1 amide bonds. The van der Waals surface area contributed by atoms with Crippen LogP contribution < -0.4 is 19.5 Å². The molecule has 29 heavy (non-hydrogen) atoms. The van der Waals surface area contributed by atoms with Crippen LogP contribution in [0.4, 0.5) is 5.69 Å². The minimum absolute atomic E-state index is 0.0837. The molecule has 0 radical (unpaired) electrons. The first-order valence-electron chi connectivity index (χ1n) is 8.63. The van der Waals surface area contributed by atoms with Crippen molar-refractivity contribution in [2.24, 2.45) is 5.14 Å². The molecular formula is C19H18N4O5S. The second-order valence-corrected chi connectivity index (χ2v) is 8.07. The van der Waals surface area contributed by atoms with Gasteiger partial charge < -0.3 is 14.4 Å². The van der Waals surface area contributed by atoms with Crippen LogP contribution in [0.3, 0.4) is 0 Å². The Labute approximate surface area is 167 Å². The SMILES string of the molecule is COc1cc2ncc3c(c2cc1OC)N(Cc1ccc(S(N)(=O)=O)nc1)C(=O)C3. The molecule has 0 spiro atoms. The number of carbonyl (C=O) groups is 1. The van der Waals surface area contributed by atoms with Crippen LogP contribution in [0.1, 0.15) is 11.1 Å². The van der Waals surface area contributed by atoms with Gasteiger partial charge in [-0.2, -0.15) is 0 Å². The average Bonchev–Trinajstić information content (AvgIpc) is 3.02. The second-order valence-electron chi connectivity index (χ2n) is 6.56. The maximum atomic E-state index is 12.7. The highest BCUT2D eigenvalue weighted by atomic mass is 32.2. The summed E-state index contributed by atoms with van der Waals surface area (Å²) in [6.07, 6.45) is 3.32. The zero-order valence-corrected chi connectivity index (χ0v) is 16.6. The Morgan fingerprint density at radius 3 is 2.45 bits per heavy atom. The number of pyridine rings is 2. The van der Waals surface area contributed by atoms with Gasteiger partial charge in [-0.15, -0.1) is 0 Å². The summed E-state index contributed by atoms with van der Waals surface area (Å²) in [7, 11) is -0.785. The van der Waals surface area contributed by atoms with E-state index in [0.717, 1.165) is 16.6 Å². The first kappa shape index (κ1) is 19.1. The number of nitrogens with two attached hydrogens (primary N) is 1. The normalized spacial score (nSPS) is 13.6. The van der Waals surface area contributed by atoms with E-state index < -0.39 is 10.0 Å². The predicted octanol–water partition coefficient (Wildman–Crippen LogP) is 1.38. The first-order chi connectivity index (χ1) is 13.8. The molecule has 2 aromatic heterocycles. The minimum Gasteiger partial charge on any atom is -0.493 e. The third-order valence-electron chi connectivity index (χ3n) is 4.76. The molecule has 3 heterocycles. The van der Waals surface area contributed by atoms with Crippen molar-refractivity contribution in [3.8, 4) is 11.5 Å². The highest BCUT2D eigenvalue weighted by molar-refractivity contribution is 7.89. The number of hydrogen-bond donors (Lipinski definition) is 1. The number of benzene rings is 1. The molecule has 0 unspecified atom stereocenters. The van der Waals surface area contributed by atoms with Crippen molar-refractivity contribution in [3.05, 3.63) is 47.8 Å². The molecule has 0 fully saturated rings. The summed E-state index contributed by atoms with van der Waals surface area (Å²) in [5.41, 5.74) is 2.90. The fourth-order valence-corrected chi connectivity index (χ4v) is 3.86. The van der Waals surface area contributed by atoms with Gasteiger partial charge in [0.1, 0.15) is 0 Å². The minimum atomic E-state index is -3.88. The Bertz CT molecular complexity index is 1230. The van der Waals surface area contributed by atoms with Crippen molar-refractivity contribution < 1.29 is 22.7 Å². The number of aromatic nitrogens is 2. The summed E-state index contributed by atoms with van der Waals surface area (Å²) < 4.78 is 33.5. The number of hydrogen-bond acceptors (Lipinski definition) is 7. The van der Waals surface area contributed by atoms with Gasteiger partial charge in [-0.1, -0.05) is 6.07 Å². The smallest absolute Gasteiger partial charge is 0.255 e. The number of primary sulfonamides is 1. The number of ether oxygens (including phenoxy) is 2. The number of nitrogens with zero attached hydrogens (tertiary/aromatic N) is 3. The summed E-state index contributed by atoms with van der Waals surface area (Å²) in [6.45, 7) is 0.233. The van der Waals surface area contributed by atoms with Gasteiger partial charge in [-0.25, -0.2) is 18.5 Å². The van der Waals surface area contributed by atoms with Crippen LogP contribution >= 0.6 is 0 Å². The molecule has 9 nitrogen and oxygen atoms in total. The molecule has 2 N–H and O–H groups in total. The number of fused-ring (bicyclic) bond motifs is 3. The lowest BCUT2D eigenvalue weighted by Gasteiger charge is -2.20. The number of amides is 1. The van der Waals surface area contributed by atoms with Gasteiger partial charge in [-0.3, -0.25) is 9.78 Å². The van der Waals surface area contributed by atoms with E-state index in [1.165, 1.54) is 12.3 Å². The van der Waals surface area contributed by atoms with Crippen molar-refractivity contribution in [3.63, 3.8) is 0 Å². The molecule has 1 aliphatic heterocycles. The van der Waals surface area contributed by atoms with Crippen LogP contribution in [0.2, 0.25) is 0 Å². The topological polar surface area (TPSA) is 125 Å². The molecule has 0 saturated heterocycles. The summed E-state index contributed by atoms with van der Waals surface area (Å²) >= 11 is 0. The maximum Gasteiger partial charge on any atom is 0.255 e. The lowest BCUT2D eigenvalue weighted by atomic mass is 10.1. The molecule has 3 aromatic rings. The molecule has 0 saturated carbocycles. The van der Waals surface area contributed by atoms with E-state index >= 15 is 0 Å². The summed E-state index contributed by atoms with van der Waals surface area (Å²) in [5, 5.41) is 5.63. The maximum absolute atomic E-state index is 12.7. The van der Waals surface area contributed by atoms with Crippen LogP contribution in [0, 0.1) is 0 Å².